The van der Waals surface area contributed by atoms with Crippen LogP contribution >= 0.6 is 0 Å². The number of fused-ring (bicyclic) bond motifs is 1. The van der Waals surface area contributed by atoms with Crippen molar-refractivity contribution in [3.8, 4) is 17.2 Å². The summed E-state index contributed by atoms with van der Waals surface area (Å²) in [6.45, 7) is 7.42. The number of ether oxygens (including phenoxy) is 2. The molecule has 0 aliphatic rings. The van der Waals surface area contributed by atoms with Gasteiger partial charge in [0.25, 0.3) is 0 Å². The third-order valence-corrected chi connectivity index (χ3v) is 5.34. The number of nitrogens with one attached hydrogen (secondary N) is 1. The summed E-state index contributed by atoms with van der Waals surface area (Å²) in [5.41, 5.74) is 1.18. The SMILES string of the molecule is COc1cc2c(Nc3c(F)ccc(O)c3C)ncnc2cc1OCCCN(C)C(C)C. The molecule has 31 heavy (non-hydrogen) atoms. The van der Waals surface area contributed by atoms with Crippen LogP contribution < -0.4 is 14.8 Å². The predicted molar refractivity (Wildman–Crippen MR) is 120 cm³/mol. The fourth-order valence-corrected chi connectivity index (χ4v) is 3.13. The van der Waals surface area contributed by atoms with Gasteiger partial charge in [0.05, 0.1) is 24.9 Å². The summed E-state index contributed by atoms with van der Waals surface area (Å²) in [5.74, 6) is 1.04. The van der Waals surface area contributed by atoms with E-state index in [1.165, 1.54) is 18.5 Å². The first-order chi connectivity index (χ1) is 14.8. The number of aromatic nitrogens is 2. The van der Waals surface area contributed by atoms with E-state index in [4.69, 9.17) is 9.47 Å². The van der Waals surface area contributed by atoms with E-state index in [9.17, 15) is 9.50 Å². The zero-order valence-electron chi connectivity index (χ0n) is 18.6. The van der Waals surface area contributed by atoms with E-state index in [0.29, 0.717) is 46.4 Å². The van der Waals surface area contributed by atoms with Gasteiger partial charge in [-0.1, -0.05) is 0 Å². The van der Waals surface area contributed by atoms with Crippen molar-refractivity contribution >= 4 is 22.4 Å². The zero-order valence-corrected chi connectivity index (χ0v) is 18.6. The van der Waals surface area contributed by atoms with E-state index < -0.39 is 5.82 Å². The van der Waals surface area contributed by atoms with Crippen molar-refractivity contribution in [2.75, 3.05) is 32.6 Å². The van der Waals surface area contributed by atoms with Crippen LogP contribution in [-0.2, 0) is 0 Å². The van der Waals surface area contributed by atoms with Crippen LogP contribution in [0.4, 0.5) is 15.9 Å². The first-order valence-electron chi connectivity index (χ1n) is 10.2. The Hall–Kier alpha value is -3.13. The lowest BCUT2D eigenvalue weighted by Crippen LogP contribution is -2.28. The summed E-state index contributed by atoms with van der Waals surface area (Å²) in [6, 6.07) is 6.57. The van der Waals surface area contributed by atoms with Crippen LogP contribution in [0.5, 0.6) is 17.2 Å². The molecule has 0 aliphatic heterocycles. The molecule has 3 aromatic rings. The largest absolute Gasteiger partial charge is 0.508 e. The zero-order chi connectivity index (χ0) is 22.5. The number of benzene rings is 2. The Morgan fingerprint density at radius 3 is 2.68 bits per heavy atom. The van der Waals surface area contributed by atoms with E-state index in [1.54, 1.807) is 26.2 Å². The van der Waals surface area contributed by atoms with Crippen molar-refractivity contribution in [3.05, 3.63) is 42.0 Å². The van der Waals surface area contributed by atoms with Gasteiger partial charge in [0.2, 0.25) is 0 Å². The highest BCUT2D eigenvalue weighted by Crippen LogP contribution is 2.36. The normalized spacial score (nSPS) is 11.4. The van der Waals surface area contributed by atoms with Gasteiger partial charge in [0.1, 0.15) is 23.7 Å². The fraction of sp³-hybridized carbons (Fsp3) is 0.391. The number of anilines is 2. The maximum atomic E-state index is 14.3. The second-order valence-electron chi connectivity index (χ2n) is 7.71. The Morgan fingerprint density at radius 2 is 1.97 bits per heavy atom. The first kappa shape index (κ1) is 22.6. The number of halogens is 1. The van der Waals surface area contributed by atoms with Gasteiger partial charge in [-0.3, -0.25) is 0 Å². The highest BCUT2D eigenvalue weighted by molar-refractivity contribution is 5.93. The van der Waals surface area contributed by atoms with E-state index in [2.05, 4.69) is 41.1 Å². The summed E-state index contributed by atoms with van der Waals surface area (Å²) in [5, 5.41) is 13.6. The highest BCUT2D eigenvalue weighted by Gasteiger charge is 2.15. The molecule has 0 aliphatic carbocycles. The lowest BCUT2D eigenvalue weighted by atomic mass is 10.1. The number of phenols is 1. The lowest BCUT2D eigenvalue weighted by Gasteiger charge is -2.21. The maximum absolute atomic E-state index is 14.3. The van der Waals surface area contributed by atoms with Crippen LogP contribution in [0.15, 0.2) is 30.6 Å². The van der Waals surface area contributed by atoms with Crippen LogP contribution in [0.2, 0.25) is 0 Å². The molecule has 0 amide bonds. The average molecular weight is 429 g/mol. The molecule has 0 bridgehead atoms. The number of hydrogen-bond acceptors (Lipinski definition) is 7. The smallest absolute Gasteiger partial charge is 0.163 e. The third kappa shape index (κ3) is 5.14. The van der Waals surface area contributed by atoms with Gasteiger partial charge in [-0.05, 0) is 52.4 Å². The minimum absolute atomic E-state index is 0.00126. The van der Waals surface area contributed by atoms with E-state index in [0.717, 1.165) is 13.0 Å². The molecule has 0 unspecified atom stereocenters. The summed E-state index contributed by atoms with van der Waals surface area (Å²) >= 11 is 0. The highest BCUT2D eigenvalue weighted by atomic mass is 19.1. The molecule has 1 aromatic heterocycles. The molecule has 7 nitrogen and oxygen atoms in total. The molecule has 0 spiro atoms. The molecular formula is C23H29FN4O3. The van der Waals surface area contributed by atoms with Crippen molar-refractivity contribution in [3.63, 3.8) is 0 Å². The number of aromatic hydroxyl groups is 1. The number of nitrogens with zero attached hydrogens (tertiary/aromatic N) is 3. The second-order valence-corrected chi connectivity index (χ2v) is 7.71. The van der Waals surface area contributed by atoms with Gasteiger partial charge >= 0.3 is 0 Å². The Morgan fingerprint density at radius 1 is 1.19 bits per heavy atom. The minimum atomic E-state index is -0.486. The molecule has 0 fully saturated rings. The molecule has 2 aromatic carbocycles. The Labute approximate surface area is 181 Å². The Kier molecular flexibility index (Phi) is 7.12. The maximum Gasteiger partial charge on any atom is 0.163 e. The van der Waals surface area contributed by atoms with Gasteiger partial charge in [-0.15, -0.1) is 0 Å². The Bertz CT molecular complexity index is 1060. The molecule has 0 radical (unpaired) electrons. The Balaban J connectivity index is 1.86. The van der Waals surface area contributed by atoms with E-state index in [1.807, 2.05) is 0 Å². The second kappa shape index (κ2) is 9.78. The molecule has 0 saturated carbocycles. The van der Waals surface area contributed by atoms with Gasteiger partial charge in [-0.25, -0.2) is 14.4 Å². The number of hydrogen-bond donors (Lipinski definition) is 2. The fourth-order valence-electron chi connectivity index (χ4n) is 3.13. The van der Waals surface area contributed by atoms with Crippen molar-refractivity contribution in [1.82, 2.24) is 14.9 Å². The van der Waals surface area contributed by atoms with Gasteiger partial charge in [-0.2, -0.15) is 0 Å². The van der Waals surface area contributed by atoms with Crippen molar-refractivity contribution in [2.45, 2.75) is 33.2 Å². The van der Waals surface area contributed by atoms with Crippen LogP contribution in [-0.4, -0.2) is 53.3 Å². The van der Waals surface area contributed by atoms with E-state index in [-0.39, 0.29) is 11.4 Å². The van der Waals surface area contributed by atoms with Crippen molar-refractivity contribution in [2.24, 2.45) is 0 Å². The molecule has 8 heteroatoms. The van der Waals surface area contributed by atoms with Gasteiger partial charge in [0.15, 0.2) is 11.5 Å². The minimum Gasteiger partial charge on any atom is -0.508 e. The van der Waals surface area contributed by atoms with Crippen LogP contribution in [0.3, 0.4) is 0 Å². The van der Waals surface area contributed by atoms with Crippen LogP contribution in [0, 0.1) is 12.7 Å². The summed E-state index contributed by atoms with van der Waals surface area (Å²) in [7, 11) is 3.65. The van der Waals surface area contributed by atoms with E-state index >= 15 is 0 Å². The number of phenolic OH excluding ortho intramolecular Hbond substituents is 1. The number of rotatable bonds is 9. The number of methoxy groups -OCH3 is 1. The van der Waals surface area contributed by atoms with Gasteiger partial charge < -0.3 is 24.8 Å². The first-order valence-corrected chi connectivity index (χ1v) is 10.2. The van der Waals surface area contributed by atoms with Crippen molar-refractivity contribution in [1.29, 1.82) is 0 Å². The molecule has 0 atom stereocenters. The third-order valence-electron chi connectivity index (χ3n) is 5.34. The molecule has 2 N–H and O–H groups in total. The summed E-state index contributed by atoms with van der Waals surface area (Å²) < 4.78 is 25.8. The molecule has 0 saturated heterocycles. The van der Waals surface area contributed by atoms with Crippen LogP contribution in [0.25, 0.3) is 10.9 Å². The predicted octanol–water partition coefficient (Wildman–Crippen LogP) is 4.64. The topological polar surface area (TPSA) is 79.7 Å². The molecule has 1 heterocycles. The monoisotopic (exact) mass is 428 g/mol. The molecular weight excluding hydrogens is 399 g/mol. The average Bonchev–Trinajstić information content (AvgIpc) is 2.76. The van der Waals surface area contributed by atoms with Crippen molar-refractivity contribution < 1.29 is 19.0 Å². The summed E-state index contributed by atoms with van der Waals surface area (Å²) in [4.78, 5) is 10.8. The lowest BCUT2D eigenvalue weighted by molar-refractivity contribution is 0.229. The summed E-state index contributed by atoms with van der Waals surface area (Å²) in [6.07, 6.45) is 2.27. The quantitative estimate of drug-likeness (QED) is 0.481. The van der Waals surface area contributed by atoms with Gasteiger partial charge in [0, 0.05) is 29.6 Å². The standard InChI is InChI=1S/C23H29FN4O3/c1-14(2)28(4)9-6-10-31-21-12-18-16(11-20(21)30-5)23(26-13-25-18)27-22-15(3)19(29)8-7-17(22)24/h7-8,11-14,29H,6,9-10H2,1-5H3,(H,25,26,27). The van der Waals surface area contributed by atoms with Crippen LogP contribution in [0.1, 0.15) is 25.8 Å². The molecule has 166 valence electrons. The molecule has 3 rings (SSSR count).